The topological polar surface area (TPSA) is 141 Å². The molecular formula is C17H28N4O4. The van der Waals surface area contributed by atoms with E-state index in [9.17, 15) is 9.59 Å². The van der Waals surface area contributed by atoms with Crippen LogP contribution >= 0.6 is 0 Å². The van der Waals surface area contributed by atoms with Gasteiger partial charge in [0.2, 0.25) is 24.3 Å². The molecule has 140 valence electrons. The molecule has 0 rings (SSSR count). The van der Waals surface area contributed by atoms with Crippen LogP contribution in [-0.4, -0.2) is 37.4 Å². The summed E-state index contributed by atoms with van der Waals surface area (Å²) in [5.41, 5.74) is 0. The van der Waals surface area contributed by atoms with Crippen molar-refractivity contribution in [2.75, 3.05) is 13.1 Å². The molecule has 0 unspecified atom stereocenters. The van der Waals surface area contributed by atoms with Crippen LogP contribution in [0.2, 0.25) is 0 Å². The Morgan fingerprint density at radius 3 is 0.920 bits per heavy atom. The van der Waals surface area contributed by atoms with E-state index < -0.39 is 0 Å². The summed E-state index contributed by atoms with van der Waals surface area (Å²) < 4.78 is 0. The third kappa shape index (κ3) is 348. The molecule has 0 bridgehead atoms. The van der Waals surface area contributed by atoms with Crippen molar-refractivity contribution in [3.05, 3.63) is 52.6 Å². The molecule has 8 nitrogen and oxygen atoms in total. The molecule has 0 aliphatic heterocycles. The number of unbranched alkanes of at least 4 members (excludes halogenated alkanes) is 2. The van der Waals surface area contributed by atoms with Crippen LogP contribution in [0.1, 0.15) is 19.3 Å². The van der Waals surface area contributed by atoms with Gasteiger partial charge in [-0.3, -0.25) is 0 Å². The predicted molar refractivity (Wildman–Crippen MR) is 102 cm³/mol. The zero-order valence-electron chi connectivity index (χ0n) is 14.7. The van der Waals surface area contributed by atoms with Crippen LogP contribution in [0.15, 0.2) is 62.6 Å². The Hall–Kier alpha value is -3.52. The second kappa shape index (κ2) is 139. The third-order valence-electron chi connectivity index (χ3n) is 1.17. The van der Waals surface area contributed by atoms with E-state index in [-0.39, 0.29) is 0 Å². The van der Waals surface area contributed by atoms with Gasteiger partial charge in [-0.25, -0.2) is 40.0 Å². The zero-order chi connectivity index (χ0) is 21.8. The highest BCUT2D eigenvalue weighted by atomic mass is 16.1. The van der Waals surface area contributed by atoms with Crippen molar-refractivity contribution in [3.63, 3.8) is 0 Å². The highest BCUT2D eigenvalue weighted by Gasteiger charge is 1.85. The third-order valence-corrected chi connectivity index (χ3v) is 1.17. The van der Waals surface area contributed by atoms with Gasteiger partial charge in [-0.1, -0.05) is 0 Å². The van der Waals surface area contributed by atoms with Crippen LogP contribution in [-0.2, 0) is 19.2 Å². The molecule has 0 spiro atoms. The van der Waals surface area contributed by atoms with Crippen molar-refractivity contribution in [2.24, 2.45) is 9.98 Å². The summed E-state index contributed by atoms with van der Waals surface area (Å²) in [6.07, 6.45) is 7.05. The van der Waals surface area contributed by atoms with Crippen LogP contribution in [0.25, 0.3) is 0 Å². The first-order chi connectivity index (χ1) is 12.2. The fourth-order valence-corrected chi connectivity index (χ4v) is 0.650. The van der Waals surface area contributed by atoms with E-state index in [0.29, 0.717) is 13.1 Å². The molecule has 0 radical (unpaired) electrons. The number of rotatable bonds is 6. The lowest BCUT2D eigenvalue weighted by atomic mass is 10.2. The van der Waals surface area contributed by atoms with Gasteiger partial charge in [-0.15, -0.1) is 52.6 Å². The molecule has 8 heteroatoms. The van der Waals surface area contributed by atoms with E-state index in [4.69, 9.17) is 20.4 Å². The van der Waals surface area contributed by atoms with E-state index in [1.807, 2.05) is 0 Å². The fraction of sp³-hybridized carbons (Fsp3) is 0.294. The van der Waals surface area contributed by atoms with Crippen molar-refractivity contribution in [1.29, 1.82) is 10.8 Å². The Morgan fingerprint density at radius 1 is 0.560 bits per heavy atom. The van der Waals surface area contributed by atoms with Crippen molar-refractivity contribution >= 4 is 24.3 Å². The molecule has 0 aliphatic carbocycles. The van der Waals surface area contributed by atoms with Gasteiger partial charge in [0.1, 0.15) is 0 Å². The van der Waals surface area contributed by atoms with Crippen molar-refractivity contribution < 1.29 is 19.2 Å². The number of nitrogens with one attached hydrogen (secondary N) is 2. The summed E-state index contributed by atoms with van der Waals surface area (Å²) in [5, 5.41) is 10.8. The normalized spacial score (nSPS) is 4.80. The maximum Gasteiger partial charge on any atom is 0.234 e. The van der Waals surface area contributed by atoms with Crippen LogP contribution < -0.4 is 0 Å². The minimum absolute atomic E-state index is 0.522. The number of hydrogen-bond acceptors (Lipinski definition) is 8. The van der Waals surface area contributed by atoms with Gasteiger partial charge in [0.05, 0.1) is 13.1 Å². The van der Waals surface area contributed by atoms with Crippen molar-refractivity contribution in [2.45, 2.75) is 19.3 Å². The molecule has 0 aromatic rings. The quantitative estimate of drug-likeness (QED) is 0.324. The molecule has 0 heterocycles. The highest BCUT2D eigenvalue weighted by Crippen LogP contribution is 1.94. The molecule has 0 saturated heterocycles. The van der Waals surface area contributed by atoms with Crippen LogP contribution in [0.4, 0.5) is 0 Å². The molecule has 0 saturated carbocycles. The Balaban J connectivity index is -0.0000000385. The lowest BCUT2D eigenvalue weighted by molar-refractivity contribution is 0.559. The number of carbonyl (C=O) groups excluding carboxylic acids is 4. The standard InChI is InChI=1S/C7H10N2O2.4C2H4.2CHNO/c10-6-8-4-2-1-3-5-9-7-11;4*1-2;2*2-1-3/h1-5H2;4*1-2H2;2*2H. The Morgan fingerprint density at radius 2 is 0.760 bits per heavy atom. The molecule has 0 atom stereocenters. The zero-order valence-corrected chi connectivity index (χ0v) is 14.7. The predicted octanol–water partition coefficient (Wildman–Crippen LogP) is 3.84. The van der Waals surface area contributed by atoms with Crippen molar-refractivity contribution in [3.8, 4) is 0 Å². The maximum absolute atomic E-state index is 9.58. The first kappa shape index (κ1) is 43.0. The summed E-state index contributed by atoms with van der Waals surface area (Å²) in [6, 6.07) is 0. The summed E-state index contributed by atoms with van der Waals surface area (Å²) in [6.45, 7) is 25.0. The summed E-state index contributed by atoms with van der Waals surface area (Å²) in [7, 11) is 0. The van der Waals surface area contributed by atoms with E-state index in [0.717, 1.165) is 31.4 Å². The molecule has 0 aromatic heterocycles. The average molecular weight is 352 g/mol. The van der Waals surface area contributed by atoms with Crippen LogP contribution in [0.5, 0.6) is 0 Å². The number of nitrogens with zero attached hydrogens (tertiary/aromatic N) is 2. The Bertz CT molecular complexity index is 336. The minimum atomic E-state index is 0.522. The Kier molecular flexibility index (Phi) is 239. The van der Waals surface area contributed by atoms with Gasteiger partial charge in [0.15, 0.2) is 0 Å². The molecular weight excluding hydrogens is 324 g/mol. The van der Waals surface area contributed by atoms with E-state index in [1.165, 1.54) is 12.2 Å². The van der Waals surface area contributed by atoms with Crippen LogP contribution in [0.3, 0.4) is 0 Å². The lowest BCUT2D eigenvalue weighted by Gasteiger charge is -1.90. The molecule has 2 N–H and O–H groups in total. The van der Waals surface area contributed by atoms with Gasteiger partial charge in [0, 0.05) is 0 Å². The SMILES string of the molecule is C=C.C=C.C=C.C=C.N=C=O.N=C=O.O=C=NCCCCCN=C=O. The van der Waals surface area contributed by atoms with Gasteiger partial charge in [-0.2, -0.15) is 0 Å². The van der Waals surface area contributed by atoms with Gasteiger partial charge in [-0.05, 0) is 19.3 Å². The molecule has 0 aliphatic rings. The molecule has 0 fully saturated rings. The molecule has 25 heavy (non-hydrogen) atoms. The summed E-state index contributed by atoms with van der Waals surface area (Å²) in [4.78, 5) is 42.6. The Labute approximate surface area is 150 Å². The maximum atomic E-state index is 9.58. The number of aliphatic imine (C=N–C) groups is 2. The highest BCUT2D eigenvalue weighted by molar-refractivity contribution is 5.33. The van der Waals surface area contributed by atoms with Crippen molar-refractivity contribution in [1.82, 2.24) is 0 Å². The largest absolute Gasteiger partial charge is 0.234 e. The second-order valence-corrected chi connectivity index (χ2v) is 2.21. The van der Waals surface area contributed by atoms with E-state index in [2.05, 4.69) is 62.6 Å². The summed E-state index contributed by atoms with van der Waals surface area (Å²) >= 11 is 0. The van der Waals surface area contributed by atoms with Crippen LogP contribution in [0, 0.1) is 10.8 Å². The monoisotopic (exact) mass is 352 g/mol. The number of isocyanates is 4. The van der Waals surface area contributed by atoms with Gasteiger partial charge >= 0.3 is 0 Å². The summed E-state index contributed by atoms with van der Waals surface area (Å²) in [5.74, 6) is 0. The fourth-order valence-electron chi connectivity index (χ4n) is 0.650. The lowest BCUT2D eigenvalue weighted by Crippen LogP contribution is -1.84. The first-order valence-electron chi connectivity index (χ1n) is 6.40. The molecule has 0 aromatic carbocycles. The minimum Gasteiger partial charge on any atom is -0.222 e. The van der Waals surface area contributed by atoms with E-state index >= 15 is 0 Å². The van der Waals surface area contributed by atoms with E-state index in [1.54, 1.807) is 0 Å². The van der Waals surface area contributed by atoms with Gasteiger partial charge in [0.25, 0.3) is 0 Å². The first-order valence-corrected chi connectivity index (χ1v) is 6.40. The number of hydrogen-bond donors (Lipinski definition) is 2. The van der Waals surface area contributed by atoms with Gasteiger partial charge < -0.3 is 0 Å². The average Bonchev–Trinajstić information content (AvgIpc) is 2.69. The second-order valence-electron chi connectivity index (χ2n) is 2.21. The molecule has 0 amide bonds. The smallest absolute Gasteiger partial charge is 0.222 e.